The first-order chi connectivity index (χ1) is 42.3. The second kappa shape index (κ2) is 28.2. The van der Waals surface area contributed by atoms with E-state index in [1.807, 2.05) is 13.8 Å². The van der Waals surface area contributed by atoms with Gasteiger partial charge < -0.3 is 144 Å². The molecule has 0 bridgehead atoms. The highest BCUT2D eigenvalue weighted by atomic mass is 16.8. The monoisotopic (exact) mass is 1300 g/mol. The number of fused-ring (bicyclic) bond motifs is 5. The van der Waals surface area contributed by atoms with Crippen LogP contribution in [-0.2, 0) is 47.4 Å². The molecule has 522 valence electrons. The van der Waals surface area contributed by atoms with Gasteiger partial charge in [0, 0.05) is 10.8 Å². The molecule has 3 unspecified atom stereocenters. The third-order valence-corrected chi connectivity index (χ3v) is 23.2. The average Bonchev–Trinajstić information content (AvgIpc) is 1.29. The number of aliphatic hydroxyl groups is 19. The maximum absolute atomic E-state index is 12.9. The maximum Gasteiger partial charge on any atom is 0.187 e. The van der Waals surface area contributed by atoms with Crippen LogP contribution < -0.4 is 0 Å². The number of rotatable bonds is 21. The van der Waals surface area contributed by atoms with Crippen molar-refractivity contribution < 1.29 is 144 Å². The van der Waals surface area contributed by atoms with Crippen LogP contribution in [0.2, 0.25) is 0 Å². The van der Waals surface area contributed by atoms with Gasteiger partial charge in [0.15, 0.2) is 31.5 Å². The molecule has 5 aliphatic heterocycles. The van der Waals surface area contributed by atoms with Gasteiger partial charge in [-0.2, -0.15) is 0 Å². The minimum absolute atomic E-state index is 0.0223. The molecule has 0 spiro atoms. The van der Waals surface area contributed by atoms with Crippen LogP contribution >= 0.6 is 0 Å². The number of aliphatic hydroxyl groups excluding tert-OH is 18. The number of hydrogen-bond acceptors (Lipinski definition) is 29. The Labute approximate surface area is 523 Å². The summed E-state index contributed by atoms with van der Waals surface area (Å²) in [6.45, 7) is 12.1. The quantitative estimate of drug-likeness (QED) is 0.0479. The van der Waals surface area contributed by atoms with Crippen LogP contribution in [0.15, 0.2) is 11.6 Å². The zero-order valence-electron chi connectivity index (χ0n) is 52.5. The van der Waals surface area contributed by atoms with Crippen LogP contribution in [0.4, 0.5) is 0 Å². The fourth-order valence-electron chi connectivity index (χ4n) is 17.8. The first kappa shape index (κ1) is 72.8. The summed E-state index contributed by atoms with van der Waals surface area (Å²) in [6, 6.07) is 0. The Balaban J connectivity index is 0.890. The summed E-state index contributed by atoms with van der Waals surface area (Å²) in [5.41, 5.74) is -2.41. The first-order valence-electron chi connectivity index (χ1n) is 32.1. The zero-order valence-corrected chi connectivity index (χ0v) is 52.5. The topological polar surface area (TPSA) is 477 Å². The largest absolute Gasteiger partial charge is 0.394 e. The van der Waals surface area contributed by atoms with Crippen LogP contribution in [0, 0.1) is 45.3 Å². The SMILES string of the molecule is CC[C@@]12CCC([C@H](C)CC[C@@H](O[C@@H]3O[C@H](CO)[C@@H](O)[C@H](O)[C@H]3O[C@@H]3O[C@H](CO)[C@@H](O)[C@H](O[C@@H]4O[C@H](CO)[C@@H](O)[C@H](O)[C@H]4O)[C@H]3O)C(C)(C)O)[C@@]1(C)C[C@@H](O)[C@@]1(C)C3CC[C@H](O[C@@H]4O[C@H](CO)[C@@H](O)[C@H](O[C@@H]5O[C@H](CO)[C@@H](O)[C@H](O)[C@H]5O)[C@H]4O)C(C)(C)C3=CCC12. The molecule has 19 N–H and O–H groups in total. The van der Waals surface area contributed by atoms with E-state index in [0.717, 1.165) is 24.8 Å². The Morgan fingerprint density at radius 1 is 0.522 bits per heavy atom. The predicted molar refractivity (Wildman–Crippen MR) is 305 cm³/mol. The van der Waals surface area contributed by atoms with Gasteiger partial charge in [-0.1, -0.05) is 53.2 Å². The molecule has 8 fully saturated rings. The van der Waals surface area contributed by atoms with E-state index >= 15 is 0 Å². The molecule has 29 heteroatoms. The second-order valence-electron chi connectivity index (χ2n) is 28.7. The third kappa shape index (κ3) is 12.8. The van der Waals surface area contributed by atoms with E-state index in [9.17, 15) is 97.0 Å². The van der Waals surface area contributed by atoms with Crippen LogP contribution in [0.25, 0.3) is 0 Å². The summed E-state index contributed by atoms with van der Waals surface area (Å²) in [4.78, 5) is 0. The van der Waals surface area contributed by atoms with E-state index in [1.54, 1.807) is 0 Å². The Morgan fingerprint density at radius 3 is 1.42 bits per heavy atom. The first-order valence-corrected chi connectivity index (χ1v) is 32.1. The third-order valence-electron chi connectivity index (χ3n) is 23.2. The molecule has 3 saturated carbocycles. The summed E-state index contributed by atoms with van der Waals surface area (Å²) in [5, 5.41) is 207. The van der Waals surface area contributed by atoms with Gasteiger partial charge in [-0.3, -0.25) is 0 Å². The lowest BCUT2D eigenvalue weighted by Gasteiger charge is -2.68. The van der Waals surface area contributed by atoms with Gasteiger partial charge in [0.05, 0.1) is 56.9 Å². The molecule has 4 aliphatic carbocycles. The van der Waals surface area contributed by atoms with E-state index in [0.29, 0.717) is 32.1 Å². The van der Waals surface area contributed by atoms with Gasteiger partial charge in [0.1, 0.15) is 122 Å². The highest BCUT2D eigenvalue weighted by molar-refractivity contribution is 5.32. The van der Waals surface area contributed by atoms with Crippen molar-refractivity contribution >= 4 is 0 Å². The molecule has 9 aliphatic rings. The predicted octanol–water partition coefficient (Wildman–Crippen LogP) is -5.02. The smallest absolute Gasteiger partial charge is 0.187 e. The van der Waals surface area contributed by atoms with Gasteiger partial charge in [0.2, 0.25) is 0 Å². The number of hydrogen-bond donors (Lipinski definition) is 19. The molecule has 90 heavy (non-hydrogen) atoms. The van der Waals surface area contributed by atoms with Crippen molar-refractivity contribution in [2.45, 2.75) is 291 Å². The molecule has 5 heterocycles. The van der Waals surface area contributed by atoms with Crippen molar-refractivity contribution in [3.8, 4) is 0 Å². The van der Waals surface area contributed by atoms with Gasteiger partial charge in [-0.25, -0.2) is 0 Å². The lowest BCUT2D eigenvalue weighted by atomic mass is 9.37. The Kier molecular flexibility index (Phi) is 22.8. The summed E-state index contributed by atoms with van der Waals surface area (Å²) in [7, 11) is 0. The minimum Gasteiger partial charge on any atom is -0.394 e. The van der Waals surface area contributed by atoms with Crippen LogP contribution in [-0.4, -0.2) is 308 Å². The van der Waals surface area contributed by atoms with Crippen molar-refractivity contribution in [1.29, 1.82) is 0 Å². The number of ether oxygens (including phenoxy) is 10. The molecule has 9 rings (SSSR count). The van der Waals surface area contributed by atoms with Crippen LogP contribution in [0.5, 0.6) is 0 Å². The maximum atomic E-state index is 12.9. The molecule has 0 aromatic carbocycles. The fraction of sp³-hybridized carbons (Fsp3) is 0.967. The van der Waals surface area contributed by atoms with E-state index in [-0.39, 0.29) is 40.9 Å². The Bertz CT molecular complexity index is 2370. The summed E-state index contributed by atoms with van der Waals surface area (Å²) < 4.78 is 59.6. The Hall–Kier alpha value is -1.42. The minimum atomic E-state index is -2.04. The van der Waals surface area contributed by atoms with Crippen molar-refractivity contribution in [3.05, 3.63) is 11.6 Å². The highest BCUT2D eigenvalue weighted by Crippen LogP contribution is 2.76. The highest BCUT2D eigenvalue weighted by Gasteiger charge is 2.71. The van der Waals surface area contributed by atoms with Crippen molar-refractivity contribution in [2.75, 3.05) is 33.0 Å². The van der Waals surface area contributed by atoms with Crippen molar-refractivity contribution in [2.24, 2.45) is 45.3 Å². The molecule has 0 aromatic rings. The molecular formula is C61H104O29. The lowest BCUT2D eigenvalue weighted by Crippen LogP contribution is -2.67. The van der Waals surface area contributed by atoms with Gasteiger partial charge >= 0.3 is 0 Å². The van der Waals surface area contributed by atoms with Crippen LogP contribution in [0.3, 0.4) is 0 Å². The van der Waals surface area contributed by atoms with E-state index in [4.69, 9.17) is 47.4 Å². The Morgan fingerprint density at radius 2 is 0.956 bits per heavy atom. The molecule has 35 atom stereocenters. The lowest BCUT2D eigenvalue weighted by molar-refractivity contribution is -0.390. The molecule has 0 radical (unpaired) electrons. The zero-order chi connectivity index (χ0) is 66.2. The molecule has 5 saturated heterocycles. The molecule has 0 amide bonds. The standard InChI is InChI=1S/C61H104O29/c1-9-61-17-16-25(24(2)10-14-36(58(5,6)80)87-56-51(44(75)39(70)30(21-64)85-56)90-55-48(79)50(41(72)32(23-66)84-55)89-53-46(77)43(74)38(69)29(20-63)82-53)59(61,7)18-34(67)60(8)27-12-15-35(57(3,4)26(27)11-13-33(60)61)86-54-47(78)49(40(71)31(22-65)83-54)88-52-45(76)42(73)37(68)28(19-62)81-52/h11,24-25,27-56,62-80H,9-10,12-23H2,1-8H3/t24-,25?,27?,28-,29-,30-,31-,32-,33?,34-,35+,36-,37-,38-,39-,40-,41-,42+,43+,44+,45-,46-,47-,48-,49+,50+,51-,52+,53+,54+,55+,56+,59-,60+,61+/m1/s1. The fourth-order valence-corrected chi connectivity index (χ4v) is 17.8. The normalized spacial score (nSPS) is 51.3. The second-order valence-corrected chi connectivity index (χ2v) is 28.7. The summed E-state index contributed by atoms with van der Waals surface area (Å²) in [6.07, 6.45) is -37.5. The van der Waals surface area contributed by atoms with Gasteiger partial charge in [-0.05, 0) is 106 Å². The van der Waals surface area contributed by atoms with Crippen molar-refractivity contribution in [3.63, 3.8) is 0 Å². The van der Waals surface area contributed by atoms with Crippen molar-refractivity contribution in [1.82, 2.24) is 0 Å². The average molecular weight is 1300 g/mol. The summed E-state index contributed by atoms with van der Waals surface area (Å²) in [5.74, 6) is 0.0247. The van der Waals surface area contributed by atoms with E-state index < -0.39 is 221 Å². The van der Waals surface area contributed by atoms with Gasteiger partial charge in [0.25, 0.3) is 0 Å². The number of allylic oxidation sites excluding steroid dienone is 1. The van der Waals surface area contributed by atoms with Gasteiger partial charge in [-0.15, -0.1) is 0 Å². The molecular weight excluding hydrogens is 1200 g/mol. The van der Waals surface area contributed by atoms with Crippen LogP contribution in [0.1, 0.15) is 113 Å². The van der Waals surface area contributed by atoms with E-state index in [2.05, 4.69) is 33.8 Å². The molecule has 29 nitrogen and oxygen atoms in total. The summed E-state index contributed by atoms with van der Waals surface area (Å²) >= 11 is 0. The molecule has 0 aromatic heterocycles. The van der Waals surface area contributed by atoms with E-state index in [1.165, 1.54) is 13.8 Å².